The van der Waals surface area contributed by atoms with Crippen LogP contribution in [0.1, 0.15) is 6.42 Å². The molecule has 0 saturated heterocycles. The van der Waals surface area contributed by atoms with Gasteiger partial charge in [0.2, 0.25) is 5.91 Å². The van der Waals surface area contributed by atoms with Crippen LogP contribution in [-0.4, -0.2) is 37.5 Å². The molecule has 2 aromatic carbocycles. The van der Waals surface area contributed by atoms with E-state index >= 15 is 0 Å². The molecule has 0 heterocycles. The summed E-state index contributed by atoms with van der Waals surface area (Å²) in [5.74, 6) is -2.15. The Labute approximate surface area is 165 Å². The highest BCUT2D eigenvalue weighted by atomic mass is 35.5. The van der Waals surface area contributed by atoms with Crippen LogP contribution in [-0.2, 0) is 19.1 Å². The molecule has 148 valence electrons. The highest BCUT2D eigenvalue weighted by Crippen LogP contribution is 2.23. The number of ether oxygens (including phenoxy) is 2. The molecule has 0 radical (unpaired) electrons. The Morgan fingerprint density at radius 2 is 1.71 bits per heavy atom. The van der Waals surface area contributed by atoms with E-state index in [1.165, 1.54) is 29.2 Å². The monoisotopic (exact) mass is 408 g/mol. The molecule has 0 unspecified atom stereocenters. The fourth-order valence-corrected chi connectivity index (χ4v) is 2.39. The Balaban J connectivity index is 1.92. The molecule has 2 N–H and O–H groups in total. The molecule has 0 aliphatic rings. The van der Waals surface area contributed by atoms with Crippen LogP contribution in [0, 0.1) is 5.82 Å². The molecular weight excluding hydrogens is 391 g/mol. The van der Waals surface area contributed by atoms with E-state index in [4.69, 9.17) is 26.8 Å². The Morgan fingerprint density at radius 3 is 2.36 bits per heavy atom. The number of nitrogens with two attached hydrogens (primary N) is 1. The molecule has 2 aromatic rings. The summed E-state index contributed by atoms with van der Waals surface area (Å²) in [6.45, 7) is -1.05. The number of primary amides is 1. The lowest BCUT2D eigenvalue weighted by molar-refractivity contribution is -0.149. The minimum atomic E-state index is -0.776. The number of halogens is 2. The second-order valence-electron chi connectivity index (χ2n) is 5.62. The molecule has 0 fully saturated rings. The molecule has 0 spiro atoms. The molecule has 2 rings (SSSR count). The van der Waals surface area contributed by atoms with Gasteiger partial charge in [-0.25, -0.2) is 9.18 Å². The third-order valence-corrected chi connectivity index (χ3v) is 3.87. The SMILES string of the molecule is NC(=O)CCN(C(=O)COC(=O)COc1ccccc1Cl)c1ccc(F)cc1. The number of hydrogen-bond acceptors (Lipinski definition) is 5. The second-order valence-corrected chi connectivity index (χ2v) is 6.03. The van der Waals surface area contributed by atoms with Gasteiger partial charge in [0, 0.05) is 18.7 Å². The van der Waals surface area contributed by atoms with Gasteiger partial charge in [-0.15, -0.1) is 0 Å². The Bertz CT molecular complexity index is 844. The van der Waals surface area contributed by atoms with Crippen molar-refractivity contribution >= 4 is 35.1 Å². The summed E-state index contributed by atoms with van der Waals surface area (Å²) in [5, 5.41) is 0.334. The van der Waals surface area contributed by atoms with E-state index in [-0.39, 0.29) is 13.0 Å². The maximum absolute atomic E-state index is 13.1. The van der Waals surface area contributed by atoms with Crippen molar-refractivity contribution in [2.75, 3.05) is 24.7 Å². The largest absolute Gasteiger partial charge is 0.480 e. The molecule has 0 atom stereocenters. The lowest BCUT2D eigenvalue weighted by Crippen LogP contribution is -2.37. The van der Waals surface area contributed by atoms with Gasteiger partial charge in [0.05, 0.1) is 5.02 Å². The molecule has 28 heavy (non-hydrogen) atoms. The number of amides is 2. The van der Waals surface area contributed by atoms with Crippen LogP contribution in [0.15, 0.2) is 48.5 Å². The summed E-state index contributed by atoms with van der Waals surface area (Å²) < 4.78 is 23.2. The van der Waals surface area contributed by atoms with Crippen molar-refractivity contribution in [1.29, 1.82) is 0 Å². The summed E-state index contributed by atoms with van der Waals surface area (Å²) in [6.07, 6.45) is -0.104. The standard InChI is InChI=1S/C19H18ClFN2O5/c20-15-3-1-2-4-16(15)27-12-19(26)28-11-18(25)23(10-9-17(22)24)14-7-5-13(21)6-8-14/h1-8H,9-12H2,(H2,22,24). The summed E-state index contributed by atoms with van der Waals surface area (Å²) in [7, 11) is 0. The Kier molecular flexibility index (Phi) is 7.76. The number of esters is 1. The fourth-order valence-electron chi connectivity index (χ4n) is 2.20. The average Bonchev–Trinajstić information content (AvgIpc) is 2.67. The first-order chi connectivity index (χ1) is 13.4. The van der Waals surface area contributed by atoms with Gasteiger partial charge in [0.25, 0.3) is 5.91 Å². The van der Waals surface area contributed by atoms with E-state index in [1.807, 2.05) is 0 Å². The number of benzene rings is 2. The molecular formula is C19H18ClFN2O5. The molecule has 7 nitrogen and oxygen atoms in total. The van der Waals surface area contributed by atoms with Gasteiger partial charge < -0.3 is 20.1 Å². The van der Waals surface area contributed by atoms with Crippen LogP contribution < -0.4 is 15.4 Å². The van der Waals surface area contributed by atoms with Crippen LogP contribution >= 0.6 is 11.6 Å². The molecule has 0 bridgehead atoms. The van der Waals surface area contributed by atoms with Crippen LogP contribution in [0.2, 0.25) is 5.02 Å². The second kappa shape index (κ2) is 10.3. The van der Waals surface area contributed by atoms with Gasteiger partial charge in [-0.2, -0.15) is 0 Å². The number of para-hydroxylation sites is 1. The molecule has 9 heteroatoms. The van der Waals surface area contributed by atoms with Gasteiger partial charge in [0.1, 0.15) is 11.6 Å². The quantitative estimate of drug-likeness (QED) is 0.642. The van der Waals surface area contributed by atoms with E-state index in [0.717, 1.165) is 0 Å². The van der Waals surface area contributed by atoms with Crippen molar-refractivity contribution < 1.29 is 28.2 Å². The third kappa shape index (κ3) is 6.55. The summed E-state index contributed by atoms with van der Waals surface area (Å²) in [4.78, 5) is 36.5. The number of anilines is 1. The molecule has 0 aliphatic heterocycles. The van der Waals surface area contributed by atoms with Gasteiger partial charge in [-0.1, -0.05) is 23.7 Å². The van der Waals surface area contributed by atoms with Crippen molar-refractivity contribution in [3.05, 3.63) is 59.4 Å². The normalized spacial score (nSPS) is 10.2. The van der Waals surface area contributed by atoms with E-state index < -0.39 is 36.8 Å². The van der Waals surface area contributed by atoms with Crippen LogP contribution in [0.4, 0.5) is 10.1 Å². The minimum absolute atomic E-state index is 0.0343. The third-order valence-electron chi connectivity index (χ3n) is 3.56. The first kappa shape index (κ1) is 21.2. The van der Waals surface area contributed by atoms with Gasteiger partial charge in [0.15, 0.2) is 13.2 Å². The molecule has 0 aromatic heterocycles. The van der Waals surface area contributed by atoms with Gasteiger partial charge in [-0.05, 0) is 36.4 Å². The van der Waals surface area contributed by atoms with E-state index in [9.17, 15) is 18.8 Å². The van der Waals surface area contributed by atoms with Crippen molar-refractivity contribution in [3.8, 4) is 5.75 Å². The minimum Gasteiger partial charge on any atom is -0.480 e. The summed E-state index contributed by atoms with van der Waals surface area (Å²) in [6, 6.07) is 11.7. The number of carbonyl (C=O) groups is 3. The number of carbonyl (C=O) groups excluding carboxylic acids is 3. The first-order valence-corrected chi connectivity index (χ1v) is 8.62. The van der Waals surface area contributed by atoms with Crippen molar-refractivity contribution in [2.45, 2.75) is 6.42 Å². The van der Waals surface area contributed by atoms with Crippen LogP contribution in [0.25, 0.3) is 0 Å². The van der Waals surface area contributed by atoms with Crippen LogP contribution in [0.3, 0.4) is 0 Å². The zero-order chi connectivity index (χ0) is 20.5. The van der Waals surface area contributed by atoms with E-state index in [1.54, 1.807) is 24.3 Å². The predicted octanol–water partition coefficient (Wildman–Crippen LogP) is 2.31. The lowest BCUT2D eigenvalue weighted by Gasteiger charge is -2.22. The molecule has 0 saturated carbocycles. The highest BCUT2D eigenvalue weighted by molar-refractivity contribution is 6.32. The zero-order valence-electron chi connectivity index (χ0n) is 14.8. The smallest absolute Gasteiger partial charge is 0.344 e. The summed E-state index contributed by atoms with van der Waals surface area (Å²) >= 11 is 5.91. The van der Waals surface area contributed by atoms with E-state index in [0.29, 0.717) is 16.5 Å². The molecule has 0 aliphatic carbocycles. The number of hydrogen-bond donors (Lipinski definition) is 1. The maximum Gasteiger partial charge on any atom is 0.344 e. The fraction of sp³-hybridized carbons (Fsp3) is 0.211. The topological polar surface area (TPSA) is 98.9 Å². The first-order valence-electron chi connectivity index (χ1n) is 8.24. The van der Waals surface area contributed by atoms with E-state index in [2.05, 4.69) is 0 Å². The van der Waals surface area contributed by atoms with Crippen molar-refractivity contribution in [3.63, 3.8) is 0 Å². The van der Waals surface area contributed by atoms with Gasteiger partial charge in [-0.3, -0.25) is 9.59 Å². The lowest BCUT2D eigenvalue weighted by atomic mass is 10.2. The van der Waals surface area contributed by atoms with Gasteiger partial charge >= 0.3 is 5.97 Å². The average molecular weight is 409 g/mol. The van der Waals surface area contributed by atoms with Crippen molar-refractivity contribution in [2.24, 2.45) is 5.73 Å². The van der Waals surface area contributed by atoms with Crippen LogP contribution in [0.5, 0.6) is 5.75 Å². The zero-order valence-corrected chi connectivity index (χ0v) is 15.5. The Hall–Kier alpha value is -3.13. The predicted molar refractivity (Wildman–Crippen MR) is 100 cm³/mol. The molecule has 2 amide bonds. The number of nitrogens with zero attached hydrogens (tertiary/aromatic N) is 1. The number of rotatable bonds is 9. The maximum atomic E-state index is 13.1. The summed E-state index contributed by atoms with van der Waals surface area (Å²) in [5.41, 5.74) is 5.47. The highest BCUT2D eigenvalue weighted by Gasteiger charge is 2.19. The van der Waals surface area contributed by atoms with Crippen molar-refractivity contribution in [1.82, 2.24) is 0 Å². The Morgan fingerprint density at radius 1 is 1.04 bits per heavy atom.